The second-order valence-corrected chi connectivity index (χ2v) is 18.4. The number of alkyl carbamates (subject to hydrolysis) is 1. The maximum atomic E-state index is 12.8. The molecule has 1 aliphatic carbocycles. The fourth-order valence-electron chi connectivity index (χ4n) is 7.03. The lowest BCUT2D eigenvalue weighted by Crippen LogP contribution is -2.33. The number of azo groups is 1. The SMILES string of the molecule is CC(N)=C1C(=O)CC(C)(C)CC1=Nc1ccc(C(N)=O)c(NCCCOCCOCCOCCOCCOCCCNC(=O)c2ccc(N=Nc3ccc(CCNC(=O)OC(C)(C)C)cc3O)cc2)c1. The minimum absolute atomic E-state index is 0.0169. The standard InChI is InChI=1S/C51H72N8O11/c1-35(52)46-43(33-51(5,6)34-45(46)61)57-39-14-15-40(47(53)62)42(32-39)54-18-7-21-65-23-25-67-27-29-69-30-28-68-26-24-66-22-8-19-55-48(63)37-10-12-38(13-11-37)58-59-41-16-9-36(31-44(41)60)17-20-56-49(64)70-50(2,3)4/h9-16,31-32,54,60H,7-8,17-30,33-34,52H2,1-6H3,(H2,53,62)(H,55,63)(H,56,64). The summed E-state index contributed by atoms with van der Waals surface area (Å²) in [6.45, 7) is 16.8. The Bertz CT molecular complexity index is 2270. The Balaban J connectivity index is 0.955. The van der Waals surface area contributed by atoms with Crippen LogP contribution in [-0.2, 0) is 39.6 Å². The van der Waals surface area contributed by atoms with Gasteiger partial charge in [0.1, 0.15) is 17.0 Å². The Morgan fingerprint density at radius 1 is 0.714 bits per heavy atom. The van der Waals surface area contributed by atoms with E-state index < -0.39 is 17.6 Å². The number of anilines is 1. The lowest BCUT2D eigenvalue weighted by Gasteiger charge is -2.31. The molecule has 19 nitrogen and oxygen atoms in total. The van der Waals surface area contributed by atoms with Gasteiger partial charge >= 0.3 is 6.09 Å². The van der Waals surface area contributed by atoms with E-state index >= 15 is 0 Å². The fraction of sp³-hybridized carbons (Fsp3) is 0.510. The van der Waals surface area contributed by atoms with Crippen molar-refractivity contribution < 1.29 is 52.7 Å². The molecule has 3 aromatic carbocycles. The number of carbonyl (C=O) groups excluding carboxylic acids is 4. The first-order valence-corrected chi connectivity index (χ1v) is 23.6. The molecule has 0 unspecified atom stereocenters. The summed E-state index contributed by atoms with van der Waals surface area (Å²) in [5.74, 6) is -0.833. The molecule has 1 fully saturated rings. The van der Waals surface area contributed by atoms with E-state index in [9.17, 15) is 24.3 Å². The highest BCUT2D eigenvalue weighted by atomic mass is 16.6. The normalized spacial score (nSPS) is 15.0. The summed E-state index contributed by atoms with van der Waals surface area (Å²) in [4.78, 5) is 54.1. The molecule has 1 aliphatic rings. The Morgan fingerprint density at radius 3 is 1.87 bits per heavy atom. The van der Waals surface area contributed by atoms with Crippen LogP contribution < -0.4 is 27.4 Å². The molecule has 3 aromatic rings. The third-order valence-electron chi connectivity index (χ3n) is 10.3. The number of hydrogen-bond acceptors (Lipinski definition) is 16. The summed E-state index contributed by atoms with van der Waals surface area (Å²) in [5, 5.41) is 27.5. The first-order chi connectivity index (χ1) is 33.4. The Hall–Kier alpha value is -6.25. The topological polar surface area (TPSA) is 269 Å². The van der Waals surface area contributed by atoms with E-state index in [1.807, 2.05) is 13.8 Å². The summed E-state index contributed by atoms with van der Waals surface area (Å²) in [6.07, 6.45) is 2.32. The van der Waals surface area contributed by atoms with Gasteiger partial charge in [-0.2, -0.15) is 5.11 Å². The zero-order chi connectivity index (χ0) is 50.9. The number of phenols is 1. The van der Waals surface area contributed by atoms with Crippen molar-refractivity contribution in [2.75, 3.05) is 91.0 Å². The highest BCUT2D eigenvalue weighted by molar-refractivity contribution is 6.25. The number of nitrogens with zero attached hydrogens (tertiary/aromatic N) is 3. The van der Waals surface area contributed by atoms with Crippen molar-refractivity contribution in [3.63, 3.8) is 0 Å². The molecule has 0 radical (unpaired) electrons. The van der Waals surface area contributed by atoms with Crippen LogP contribution in [-0.4, -0.2) is 126 Å². The van der Waals surface area contributed by atoms with Gasteiger partial charge in [-0.3, -0.25) is 19.4 Å². The number of rotatable bonds is 29. The highest BCUT2D eigenvalue weighted by Crippen LogP contribution is 2.37. The predicted molar refractivity (Wildman–Crippen MR) is 268 cm³/mol. The Morgan fingerprint density at radius 2 is 1.30 bits per heavy atom. The molecule has 3 amide bonds. The van der Waals surface area contributed by atoms with Crippen molar-refractivity contribution in [3.05, 3.63) is 88.6 Å². The number of nitrogens with two attached hydrogens (primary N) is 2. The molecule has 382 valence electrons. The van der Waals surface area contributed by atoms with E-state index in [2.05, 4.69) is 26.2 Å². The zero-order valence-corrected chi connectivity index (χ0v) is 41.5. The first-order valence-electron chi connectivity index (χ1n) is 23.6. The van der Waals surface area contributed by atoms with Crippen LogP contribution >= 0.6 is 0 Å². The number of benzene rings is 3. The highest BCUT2D eigenvalue weighted by Gasteiger charge is 2.35. The molecule has 8 N–H and O–H groups in total. The maximum absolute atomic E-state index is 12.8. The molecule has 70 heavy (non-hydrogen) atoms. The largest absolute Gasteiger partial charge is 0.506 e. The molecule has 1 saturated carbocycles. The average molecular weight is 973 g/mol. The molecule has 0 aliphatic heterocycles. The van der Waals surface area contributed by atoms with Gasteiger partial charge in [-0.15, -0.1) is 5.11 Å². The monoisotopic (exact) mass is 973 g/mol. The Kier molecular flexibility index (Phi) is 23.4. The van der Waals surface area contributed by atoms with Crippen molar-refractivity contribution in [3.8, 4) is 5.75 Å². The number of hydrogen-bond donors (Lipinski definition) is 6. The van der Waals surface area contributed by atoms with Crippen LogP contribution in [0.1, 0.15) is 93.5 Å². The van der Waals surface area contributed by atoms with E-state index in [0.717, 1.165) is 5.56 Å². The fourth-order valence-corrected chi connectivity index (χ4v) is 7.03. The second kappa shape index (κ2) is 29.1. The number of ether oxygens (including phenoxy) is 6. The lowest BCUT2D eigenvalue weighted by atomic mass is 9.73. The molecule has 19 heteroatoms. The quantitative estimate of drug-likeness (QED) is 0.0226. The van der Waals surface area contributed by atoms with E-state index in [0.29, 0.717) is 163 Å². The Labute approximate surface area is 411 Å². The van der Waals surface area contributed by atoms with Crippen LogP contribution in [0.3, 0.4) is 0 Å². The molecule has 0 saturated heterocycles. The molecule has 0 spiro atoms. The van der Waals surface area contributed by atoms with Gasteiger partial charge in [-0.1, -0.05) is 19.9 Å². The van der Waals surface area contributed by atoms with Crippen molar-refractivity contribution >= 4 is 52.2 Å². The van der Waals surface area contributed by atoms with Gasteiger partial charge in [-0.25, -0.2) is 4.79 Å². The minimum Gasteiger partial charge on any atom is -0.506 e. The summed E-state index contributed by atoms with van der Waals surface area (Å²) < 4.78 is 33.2. The van der Waals surface area contributed by atoms with Crippen molar-refractivity contribution in [1.29, 1.82) is 0 Å². The average Bonchev–Trinajstić information content (AvgIpc) is 3.28. The third kappa shape index (κ3) is 21.2. The van der Waals surface area contributed by atoms with Crippen LogP contribution in [0.25, 0.3) is 0 Å². The third-order valence-corrected chi connectivity index (χ3v) is 10.3. The number of ketones is 1. The van der Waals surface area contributed by atoms with Crippen LogP contribution in [0.5, 0.6) is 5.75 Å². The van der Waals surface area contributed by atoms with E-state index in [-0.39, 0.29) is 28.5 Å². The van der Waals surface area contributed by atoms with Gasteiger partial charge in [0.25, 0.3) is 11.8 Å². The summed E-state index contributed by atoms with van der Waals surface area (Å²) in [6, 6.07) is 16.8. The van der Waals surface area contributed by atoms with E-state index in [1.165, 1.54) is 0 Å². The molecular weight excluding hydrogens is 901 g/mol. The van der Waals surface area contributed by atoms with E-state index in [4.69, 9.17) is 44.9 Å². The molecule has 0 aromatic heterocycles. The minimum atomic E-state index is -0.578. The van der Waals surface area contributed by atoms with Crippen LogP contribution in [0.4, 0.5) is 27.5 Å². The zero-order valence-electron chi connectivity index (χ0n) is 41.5. The smallest absolute Gasteiger partial charge is 0.407 e. The molecule has 0 heterocycles. The number of aromatic hydroxyl groups is 1. The number of primary amides is 1. The molecule has 4 rings (SSSR count). The number of amides is 3. The van der Waals surface area contributed by atoms with Crippen molar-refractivity contribution in [2.24, 2.45) is 32.1 Å². The molecular formula is C51H72N8O11. The lowest BCUT2D eigenvalue weighted by molar-refractivity contribution is -0.117. The van der Waals surface area contributed by atoms with Gasteiger partial charge in [-0.05, 0) is 119 Å². The van der Waals surface area contributed by atoms with Crippen LogP contribution in [0, 0.1) is 5.41 Å². The number of phenolic OH excluding ortho intramolecular Hbond substituents is 1. The molecule has 0 bridgehead atoms. The predicted octanol–water partition coefficient (Wildman–Crippen LogP) is 7.37. The summed E-state index contributed by atoms with van der Waals surface area (Å²) in [5.41, 5.74) is 16.0. The second-order valence-electron chi connectivity index (χ2n) is 18.4. The van der Waals surface area contributed by atoms with Gasteiger partial charge in [0, 0.05) is 56.2 Å². The van der Waals surface area contributed by atoms with Crippen LogP contribution in [0.2, 0.25) is 0 Å². The van der Waals surface area contributed by atoms with Crippen molar-refractivity contribution in [2.45, 2.75) is 79.2 Å². The summed E-state index contributed by atoms with van der Waals surface area (Å²) in [7, 11) is 0. The maximum Gasteiger partial charge on any atom is 0.407 e. The summed E-state index contributed by atoms with van der Waals surface area (Å²) >= 11 is 0. The van der Waals surface area contributed by atoms with Gasteiger partial charge in [0.2, 0.25) is 0 Å². The first kappa shape index (κ1) is 56.3. The van der Waals surface area contributed by atoms with E-state index in [1.54, 1.807) is 88.4 Å². The number of allylic oxidation sites excluding steroid dienone is 2. The molecule has 0 atom stereocenters. The number of carbonyl (C=O) groups is 4. The van der Waals surface area contributed by atoms with Gasteiger partial charge in [0.05, 0.1) is 81.1 Å². The van der Waals surface area contributed by atoms with Gasteiger partial charge < -0.3 is 60.9 Å². The van der Waals surface area contributed by atoms with Gasteiger partial charge in [0.15, 0.2) is 5.78 Å². The number of Topliss-reactive ketones (excluding diaryl/α,β-unsaturated/α-hetero) is 1. The van der Waals surface area contributed by atoms with Crippen molar-refractivity contribution in [1.82, 2.24) is 10.6 Å². The number of aliphatic imine (C=N–C) groups is 1. The number of nitrogens with one attached hydrogen (secondary N) is 3. The van der Waals surface area contributed by atoms with Crippen LogP contribution in [0.15, 0.2) is 87.2 Å².